The van der Waals surface area contributed by atoms with Crippen LogP contribution in [0.1, 0.15) is 11.1 Å². The van der Waals surface area contributed by atoms with Crippen molar-refractivity contribution >= 4 is 17.4 Å². The second kappa shape index (κ2) is 8.89. The highest BCUT2D eigenvalue weighted by Gasteiger charge is 2.21. The quantitative estimate of drug-likeness (QED) is 0.603. The van der Waals surface area contributed by atoms with Gasteiger partial charge in [0.1, 0.15) is 0 Å². The number of nitrogens with one attached hydrogen (secondary N) is 2. The molecule has 4 rings (SSSR count). The SMILES string of the molecule is O=C(Nc1ccccc1)Nc1cccc2c1CCN(C[C@@H](O)Cn1cccn1)C2. The average molecular weight is 391 g/mol. The van der Waals surface area contributed by atoms with Crippen molar-refractivity contribution in [2.24, 2.45) is 0 Å². The number of para-hydroxylation sites is 1. The standard InChI is InChI=1S/C22H25N5O2/c28-19(16-27-12-5-11-23-27)15-26-13-10-20-17(14-26)6-4-9-21(20)25-22(29)24-18-7-2-1-3-8-18/h1-9,11-12,19,28H,10,13-16H2,(H2,24,25,29)/t19-/m1/s1. The van der Waals surface area contributed by atoms with Crippen LogP contribution in [0, 0.1) is 0 Å². The molecular formula is C22H25N5O2. The van der Waals surface area contributed by atoms with Crippen LogP contribution in [-0.4, -0.2) is 45.0 Å². The Balaban J connectivity index is 1.36. The van der Waals surface area contributed by atoms with Gasteiger partial charge in [0.2, 0.25) is 0 Å². The van der Waals surface area contributed by atoms with Crippen LogP contribution in [-0.2, 0) is 19.5 Å². The first-order valence-electron chi connectivity index (χ1n) is 9.79. The predicted octanol–water partition coefficient (Wildman–Crippen LogP) is 2.95. The van der Waals surface area contributed by atoms with E-state index in [1.165, 1.54) is 5.56 Å². The molecule has 0 unspecified atom stereocenters. The van der Waals surface area contributed by atoms with Crippen molar-refractivity contribution in [3.63, 3.8) is 0 Å². The average Bonchev–Trinajstić information content (AvgIpc) is 3.21. The van der Waals surface area contributed by atoms with Crippen LogP contribution in [0.2, 0.25) is 0 Å². The van der Waals surface area contributed by atoms with E-state index in [1.807, 2.05) is 54.7 Å². The zero-order valence-corrected chi connectivity index (χ0v) is 16.2. The number of β-amino-alcohol motifs (C(OH)–C–C–N with tert-alkyl or cyclic N) is 1. The van der Waals surface area contributed by atoms with Crippen molar-refractivity contribution in [3.8, 4) is 0 Å². The zero-order valence-electron chi connectivity index (χ0n) is 16.2. The van der Waals surface area contributed by atoms with Gasteiger partial charge in [-0.3, -0.25) is 9.58 Å². The van der Waals surface area contributed by atoms with Crippen LogP contribution in [0.15, 0.2) is 67.0 Å². The van der Waals surface area contributed by atoms with Crippen LogP contribution < -0.4 is 10.6 Å². The monoisotopic (exact) mass is 391 g/mol. The lowest BCUT2D eigenvalue weighted by Gasteiger charge is -2.31. The van der Waals surface area contributed by atoms with Gasteiger partial charge in [-0.25, -0.2) is 4.79 Å². The number of carbonyl (C=O) groups excluding carboxylic acids is 1. The van der Waals surface area contributed by atoms with Crippen LogP contribution in [0.25, 0.3) is 0 Å². The molecule has 2 aromatic carbocycles. The Morgan fingerprint density at radius 2 is 1.93 bits per heavy atom. The molecule has 0 saturated carbocycles. The lowest BCUT2D eigenvalue weighted by molar-refractivity contribution is 0.0890. The van der Waals surface area contributed by atoms with Gasteiger partial charge in [0, 0.05) is 43.4 Å². The zero-order chi connectivity index (χ0) is 20.1. The molecule has 7 heteroatoms. The number of anilines is 2. The van der Waals surface area contributed by atoms with Crippen LogP contribution >= 0.6 is 0 Å². The van der Waals surface area contributed by atoms with Crippen molar-refractivity contribution in [2.75, 3.05) is 23.7 Å². The van der Waals surface area contributed by atoms with Gasteiger partial charge in [0.05, 0.1) is 12.6 Å². The summed E-state index contributed by atoms with van der Waals surface area (Å²) < 4.78 is 1.75. The summed E-state index contributed by atoms with van der Waals surface area (Å²) in [6, 6.07) is 17.0. The van der Waals surface area contributed by atoms with Crippen LogP contribution in [0.5, 0.6) is 0 Å². The predicted molar refractivity (Wildman–Crippen MR) is 113 cm³/mol. The molecule has 7 nitrogen and oxygen atoms in total. The molecule has 1 aliphatic heterocycles. The largest absolute Gasteiger partial charge is 0.390 e. The van der Waals surface area contributed by atoms with Gasteiger partial charge < -0.3 is 15.7 Å². The highest BCUT2D eigenvalue weighted by atomic mass is 16.3. The Hall–Kier alpha value is -3.16. The number of amides is 2. The molecular weight excluding hydrogens is 366 g/mol. The van der Waals surface area contributed by atoms with Gasteiger partial charge in [-0.15, -0.1) is 0 Å². The highest BCUT2D eigenvalue weighted by Crippen LogP contribution is 2.26. The molecule has 0 fully saturated rings. The Morgan fingerprint density at radius 1 is 1.07 bits per heavy atom. The summed E-state index contributed by atoms with van der Waals surface area (Å²) >= 11 is 0. The Morgan fingerprint density at radius 3 is 2.72 bits per heavy atom. The Kier molecular flexibility index (Phi) is 5.88. The summed E-state index contributed by atoms with van der Waals surface area (Å²) in [7, 11) is 0. The number of rotatable bonds is 6. The van der Waals surface area contributed by atoms with E-state index in [-0.39, 0.29) is 6.03 Å². The van der Waals surface area contributed by atoms with Gasteiger partial charge in [-0.2, -0.15) is 5.10 Å². The number of aliphatic hydroxyl groups excluding tert-OH is 1. The second-order valence-electron chi connectivity index (χ2n) is 7.26. The number of hydrogen-bond donors (Lipinski definition) is 3. The number of aromatic nitrogens is 2. The summed E-state index contributed by atoms with van der Waals surface area (Å²) in [6.45, 7) is 2.66. The van der Waals surface area contributed by atoms with E-state index in [1.54, 1.807) is 10.9 Å². The molecule has 3 N–H and O–H groups in total. The van der Waals surface area contributed by atoms with Crippen LogP contribution in [0.3, 0.4) is 0 Å². The topological polar surface area (TPSA) is 82.4 Å². The molecule has 29 heavy (non-hydrogen) atoms. The number of urea groups is 1. The molecule has 0 spiro atoms. The van der Waals surface area contributed by atoms with Gasteiger partial charge in [0.25, 0.3) is 0 Å². The normalized spacial score (nSPS) is 14.8. The lowest BCUT2D eigenvalue weighted by Crippen LogP contribution is -2.38. The first kappa shape index (κ1) is 19.2. The molecule has 0 radical (unpaired) electrons. The summed E-state index contributed by atoms with van der Waals surface area (Å²) in [5.41, 5.74) is 3.94. The first-order valence-corrected chi connectivity index (χ1v) is 9.79. The summed E-state index contributed by atoms with van der Waals surface area (Å²) in [5.74, 6) is 0. The summed E-state index contributed by atoms with van der Waals surface area (Å²) in [6.07, 6.45) is 3.92. The van der Waals surface area contributed by atoms with Crippen LogP contribution in [0.4, 0.5) is 16.2 Å². The molecule has 0 saturated heterocycles. The van der Waals surface area contributed by atoms with Crippen molar-refractivity contribution in [3.05, 3.63) is 78.1 Å². The molecule has 150 valence electrons. The van der Waals surface area contributed by atoms with E-state index in [9.17, 15) is 9.90 Å². The van der Waals surface area contributed by atoms with Crippen molar-refractivity contribution in [1.29, 1.82) is 0 Å². The lowest BCUT2D eigenvalue weighted by atomic mass is 9.97. The van der Waals surface area contributed by atoms with E-state index >= 15 is 0 Å². The van der Waals surface area contributed by atoms with Crippen molar-refractivity contribution in [1.82, 2.24) is 14.7 Å². The van der Waals surface area contributed by atoms with Gasteiger partial charge >= 0.3 is 6.03 Å². The fourth-order valence-corrected chi connectivity index (χ4v) is 3.73. The summed E-state index contributed by atoms with van der Waals surface area (Å²) in [5, 5.41) is 20.3. The fourth-order valence-electron chi connectivity index (χ4n) is 3.73. The second-order valence-corrected chi connectivity index (χ2v) is 7.26. The smallest absolute Gasteiger partial charge is 0.323 e. The maximum Gasteiger partial charge on any atom is 0.323 e. The van der Waals surface area contributed by atoms with E-state index in [4.69, 9.17) is 0 Å². The number of carbonyl (C=O) groups is 1. The molecule has 3 aromatic rings. The summed E-state index contributed by atoms with van der Waals surface area (Å²) in [4.78, 5) is 14.6. The van der Waals surface area contributed by atoms with Gasteiger partial charge in [0.15, 0.2) is 0 Å². The fraction of sp³-hybridized carbons (Fsp3) is 0.273. The minimum Gasteiger partial charge on any atom is -0.390 e. The number of benzene rings is 2. The Labute approximate surface area is 170 Å². The van der Waals surface area contributed by atoms with E-state index < -0.39 is 6.10 Å². The molecule has 1 aliphatic rings. The minimum atomic E-state index is -0.477. The van der Waals surface area contributed by atoms with Gasteiger partial charge in [-0.1, -0.05) is 30.3 Å². The van der Waals surface area contributed by atoms with E-state index in [2.05, 4.69) is 26.7 Å². The highest BCUT2D eigenvalue weighted by molar-refractivity contribution is 6.00. The first-order chi connectivity index (χ1) is 14.2. The maximum atomic E-state index is 12.4. The van der Waals surface area contributed by atoms with Crippen molar-refractivity contribution < 1.29 is 9.90 Å². The number of nitrogens with zero attached hydrogens (tertiary/aromatic N) is 3. The number of fused-ring (bicyclic) bond motifs is 1. The van der Waals surface area contributed by atoms with Gasteiger partial charge in [-0.05, 0) is 41.8 Å². The number of aliphatic hydroxyl groups is 1. The Bertz CT molecular complexity index is 943. The molecule has 0 aliphatic carbocycles. The van der Waals surface area contributed by atoms with E-state index in [0.29, 0.717) is 13.1 Å². The molecule has 2 amide bonds. The third-order valence-corrected chi connectivity index (χ3v) is 5.05. The molecule has 1 aromatic heterocycles. The minimum absolute atomic E-state index is 0.248. The maximum absolute atomic E-state index is 12.4. The number of hydrogen-bond acceptors (Lipinski definition) is 4. The van der Waals surface area contributed by atoms with Crippen molar-refractivity contribution in [2.45, 2.75) is 25.6 Å². The molecule has 0 bridgehead atoms. The third-order valence-electron chi connectivity index (χ3n) is 5.05. The third kappa shape index (κ3) is 5.01. The molecule has 1 atom stereocenters. The molecule has 2 heterocycles. The van der Waals surface area contributed by atoms with E-state index in [0.717, 1.165) is 36.4 Å².